The monoisotopic (exact) mass is 1340 g/mol. The van der Waals surface area contributed by atoms with Gasteiger partial charge in [0.05, 0.1) is 26.4 Å². The van der Waals surface area contributed by atoms with Crippen LogP contribution in [0.3, 0.4) is 0 Å². The average Bonchev–Trinajstić information content (AvgIpc) is 0.800. The molecule has 100 heavy (non-hydrogen) atoms. The van der Waals surface area contributed by atoms with Gasteiger partial charge in [0.15, 0.2) is 0 Å². The molecule has 4 heteroatoms. The molecule has 0 heterocycles. The van der Waals surface area contributed by atoms with E-state index in [1.165, 1.54) is 253 Å². The Balaban J connectivity index is 1.08. The molecule has 0 saturated heterocycles. The van der Waals surface area contributed by atoms with E-state index in [9.17, 15) is 0 Å². The fourth-order valence-corrected chi connectivity index (χ4v) is 13.4. The maximum Gasteiger partial charge on any atom is 0.119 e. The zero-order valence-electron chi connectivity index (χ0n) is 63.1. The molecule has 4 bridgehead atoms. The summed E-state index contributed by atoms with van der Waals surface area (Å²) in [4.78, 5) is 0. The van der Waals surface area contributed by atoms with Crippen LogP contribution >= 0.6 is 0 Å². The summed E-state index contributed by atoms with van der Waals surface area (Å²) in [6.45, 7) is 12.1. The third kappa shape index (κ3) is 34.0. The van der Waals surface area contributed by atoms with Gasteiger partial charge in [-0.25, -0.2) is 0 Å². The molecule has 0 aromatic heterocycles. The lowest BCUT2D eigenvalue weighted by atomic mass is 9.86. The van der Waals surface area contributed by atoms with Crippen LogP contribution in [0.4, 0.5) is 0 Å². The smallest absolute Gasteiger partial charge is 0.119 e. The number of unbranched alkanes of at least 4 members (excludes halogenated alkanes) is 36. The van der Waals surface area contributed by atoms with Crippen LogP contribution in [-0.2, 0) is 25.7 Å². The van der Waals surface area contributed by atoms with Crippen molar-refractivity contribution >= 4 is 0 Å². The lowest BCUT2D eigenvalue weighted by molar-refractivity contribution is 0.304. The van der Waals surface area contributed by atoms with E-state index in [4.69, 9.17) is 18.9 Å². The van der Waals surface area contributed by atoms with E-state index in [1.807, 2.05) is 0 Å². The zero-order chi connectivity index (χ0) is 69.8. The van der Waals surface area contributed by atoms with Crippen molar-refractivity contribution in [2.75, 3.05) is 26.4 Å². The molecule has 4 aliphatic rings. The Labute approximate surface area is 610 Å². The summed E-state index contributed by atoms with van der Waals surface area (Å²) in [6, 6.07) is 42.7. The highest BCUT2D eigenvalue weighted by atomic mass is 16.5. The lowest BCUT2D eigenvalue weighted by Gasteiger charge is -2.17. The second-order valence-electron chi connectivity index (χ2n) is 28.6. The topological polar surface area (TPSA) is 36.9 Å². The maximum absolute atomic E-state index is 6.23. The molecule has 0 unspecified atom stereocenters. The van der Waals surface area contributed by atoms with Gasteiger partial charge in [0, 0.05) is 44.5 Å². The Bertz CT molecular complexity index is 2950. The summed E-state index contributed by atoms with van der Waals surface area (Å²) >= 11 is 0. The molecular weight excluding hydrogens is 1220 g/mol. The van der Waals surface area contributed by atoms with Crippen LogP contribution in [0.1, 0.15) is 351 Å². The van der Waals surface area contributed by atoms with Crippen molar-refractivity contribution in [1.29, 1.82) is 0 Å². The van der Waals surface area contributed by atoms with Crippen LogP contribution in [0.15, 0.2) is 121 Å². The predicted octanol–water partition coefficient (Wildman–Crippen LogP) is 26.4. The molecule has 0 fully saturated rings. The highest BCUT2D eigenvalue weighted by Gasteiger charge is 2.16. The van der Waals surface area contributed by atoms with Crippen LogP contribution in [0.5, 0.6) is 23.0 Å². The van der Waals surface area contributed by atoms with E-state index in [2.05, 4.69) is 196 Å². The fraction of sp³-hybridized carbons (Fsp3) is 0.542. The van der Waals surface area contributed by atoms with E-state index in [1.54, 1.807) is 0 Å². The number of rotatable bonds is 48. The molecule has 6 aromatic rings. The molecule has 0 aliphatic heterocycles. The second-order valence-corrected chi connectivity index (χ2v) is 28.6. The molecule has 0 spiro atoms. The highest BCUT2D eigenvalue weighted by Crippen LogP contribution is 2.28. The lowest BCUT2D eigenvalue weighted by Crippen LogP contribution is -2.07. The van der Waals surface area contributed by atoms with E-state index in [0.29, 0.717) is 0 Å². The highest BCUT2D eigenvalue weighted by molar-refractivity contribution is 5.60. The molecule has 536 valence electrons. The first-order valence-corrected chi connectivity index (χ1v) is 40.8. The molecule has 0 atom stereocenters. The van der Waals surface area contributed by atoms with Gasteiger partial charge in [-0.2, -0.15) is 0 Å². The van der Waals surface area contributed by atoms with Gasteiger partial charge in [-0.15, -0.1) is 0 Å². The first-order chi connectivity index (χ1) is 49.5. The first-order valence-electron chi connectivity index (χ1n) is 40.8. The van der Waals surface area contributed by atoms with E-state index in [-0.39, 0.29) is 0 Å². The summed E-state index contributed by atoms with van der Waals surface area (Å²) in [5.41, 5.74) is 12.7. The van der Waals surface area contributed by atoms with Crippen LogP contribution in [0.2, 0.25) is 0 Å². The van der Waals surface area contributed by atoms with Crippen LogP contribution in [-0.4, -0.2) is 26.4 Å². The van der Waals surface area contributed by atoms with Gasteiger partial charge in [0.1, 0.15) is 23.0 Å². The van der Waals surface area contributed by atoms with Gasteiger partial charge in [0.2, 0.25) is 0 Å². The fourth-order valence-electron chi connectivity index (χ4n) is 13.4. The first kappa shape index (κ1) is 80.1. The molecule has 0 N–H and O–H groups in total. The summed E-state index contributed by atoms with van der Waals surface area (Å²) in [7, 11) is 0. The Morgan fingerprint density at radius 2 is 0.360 bits per heavy atom. The number of hydrogen-bond acceptors (Lipinski definition) is 4. The van der Waals surface area contributed by atoms with Gasteiger partial charge >= 0.3 is 0 Å². The standard InChI is InChI=1S/C96H128O4/c1-5-9-13-17-21-25-29-33-37-41-73-97-93-65-49-81(50-66-93)45-57-85-77-90-63-64-92-80-87(59-47-83-53-69-95(70-54-83)99-75-43-39-35-31-27-23-19-15-11-7-3)91(79-88(92)60-48-84-55-71-96(72-56-84)100-76-44-40-36-32-28-24-20-16-12-8-4)62-61-89(85)78-86(90)58-46-82-51-67-94(68-52-82)98-74-42-38-34-30-26-22-18-14-10-6-2/h49-56,65-72,77-80H,5-44,61-64,73-76H2,1-4H3. The molecule has 0 amide bonds. The summed E-state index contributed by atoms with van der Waals surface area (Å²) in [5, 5.41) is 0. The molecule has 0 saturated carbocycles. The second kappa shape index (κ2) is 51.8. The molecule has 10 rings (SSSR count). The SMILES string of the molecule is CCCCCCCCCCCCOc1ccc(C#Cc2cc3c(C#Cc4ccc(OCCCCCCCCCCCC)cc4)cc2CCc2cc(C#Cc4ccc(OCCCCCCCCCCCC)cc4)c(cc2C#Cc2ccc(OCCCCCCCCCCCC)cc2)CC3)cc1. The molecule has 0 radical (unpaired) electrons. The zero-order valence-corrected chi connectivity index (χ0v) is 63.1. The van der Waals surface area contributed by atoms with Crippen LogP contribution in [0.25, 0.3) is 0 Å². The van der Waals surface area contributed by atoms with E-state index >= 15 is 0 Å². The van der Waals surface area contributed by atoms with Crippen molar-refractivity contribution in [3.05, 3.63) is 188 Å². The van der Waals surface area contributed by atoms with E-state index < -0.39 is 0 Å². The minimum atomic E-state index is 0.747. The van der Waals surface area contributed by atoms with Gasteiger partial charge in [-0.05, 0) is 195 Å². The van der Waals surface area contributed by atoms with Crippen LogP contribution < -0.4 is 18.9 Å². The molecule has 4 nitrogen and oxygen atoms in total. The Kier molecular flexibility index (Phi) is 41.5. The van der Waals surface area contributed by atoms with Crippen molar-refractivity contribution in [1.82, 2.24) is 0 Å². The largest absolute Gasteiger partial charge is 0.494 e. The van der Waals surface area contributed by atoms with Crippen molar-refractivity contribution in [2.24, 2.45) is 0 Å². The number of benzene rings is 6. The van der Waals surface area contributed by atoms with Crippen molar-refractivity contribution in [3.8, 4) is 70.4 Å². The van der Waals surface area contributed by atoms with Crippen molar-refractivity contribution < 1.29 is 18.9 Å². The quantitative estimate of drug-likeness (QED) is 0.0282. The molecular formula is C96H128O4. The summed E-state index contributed by atoms with van der Waals surface area (Å²) in [6.07, 6.45) is 55.5. The summed E-state index contributed by atoms with van der Waals surface area (Å²) in [5.74, 6) is 32.6. The Morgan fingerprint density at radius 3 is 0.530 bits per heavy atom. The number of aryl methyl sites for hydroxylation is 4. The summed E-state index contributed by atoms with van der Waals surface area (Å²) < 4.78 is 24.9. The molecule has 4 aliphatic carbocycles. The predicted molar refractivity (Wildman–Crippen MR) is 427 cm³/mol. The minimum Gasteiger partial charge on any atom is -0.494 e. The van der Waals surface area contributed by atoms with Crippen molar-refractivity contribution in [3.63, 3.8) is 0 Å². The Hall–Kier alpha value is -7.24. The third-order valence-corrected chi connectivity index (χ3v) is 19.8. The van der Waals surface area contributed by atoms with E-state index in [0.717, 1.165) is 145 Å². The maximum atomic E-state index is 6.23. The van der Waals surface area contributed by atoms with Crippen molar-refractivity contribution in [2.45, 2.75) is 310 Å². The van der Waals surface area contributed by atoms with Crippen LogP contribution in [0, 0.1) is 47.4 Å². The van der Waals surface area contributed by atoms with Gasteiger partial charge in [0.25, 0.3) is 0 Å². The van der Waals surface area contributed by atoms with Gasteiger partial charge in [-0.1, -0.05) is 306 Å². The normalized spacial score (nSPS) is 11.5. The Morgan fingerprint density at radius 1 is 0.200 bits per heavy atom. The van der Waals surface area contributed by atoms with Gasteiger partial charge in [-0.3, -0.25) is 0 Å². The number of ether oxygens (including phenoxy) is 4. The van der Waals surface area contributed by atoms with Gasteiger partial charge < -0.3 is 18.9 Å². The third-order valence-electron chi connectivity index (χ3n) is 19.8. The minimum absolute atomic E-state index is 0.747. The number of hydrogen-bond donors (Lipinski definition) is 0. The molecule has 6 aromatic carbocycles. The average molecular weight is 1350 g/mol.